The van der Waals surface area contributed by atoms with Gasteiger partial charge in [0.15, 0.2) is 11.1 Å². The van der Waals surface area contributed by atoms with E-state index in [4.69, 9.17) is 10.5 Å². The normalized spacial score (nSPS) is 21.5. The Hall–Kier alpha value is -3.56. The number of amides is 1. The molecule has 0 aromatic carbocycles. The number of H-pyrrole nitrogens is 1. The van der Waals surface area contributed by atoms with Gasteiger partial charge in [0.1, 0.15) is 5.69 Å². The van der Waals surface area contributed by atoms with Gasteiger partial charge in [0, 0.05) is 19.5 Å². The first kappa shape index (κ1) is 20.7. The minimum atomic E-state index is -0.605. The van der Waals surface area contributed by atoms with Crippen LogP contribution in [0.2, 0.25) is 0 Å². The van der Waals surface area contributed by atoms with Crippen LogP contribution in [0.4, 0.5) is 0 Å². The number of aromatic nitrogens is 5. The first-order chi connectivity index (χ1) is 15.1. The molecule has 0 bridgehead atoms. The summed E-state index contributed by atoms with van der Waals surface area (Å²) in [5.41, 5.74) is 7.85. The van der Waals surface area contributed by atoms with Crippen molar-refractivity contribution in [3.8, 4) is 5.88 Å². The Morgan fingerprint density at radius 1 is 1.29 bits per heavy atom. The average Bonchev–Trinajstić information content (AvgIpc) is 3.41. The van der Waals surface area contributed by atoms with Crippen LogP contribution >= 0.6 is 0 Å². The van der Waals surface area contributed by atoms with Crippen LogP contribution in [0.3, 0.4) is 0 Å². The number of rotatable bonds is 8. The second-order valence-corrected chi connectivity index (χ2v) is 7.86. The molecule has 1 aliphatic rings. The molecule has 4 rings (SSSR count). The number of hydrogen-bond acceptors (Lipinski definition) is 7. The van der Waals surface area contributed by atoms with Gasteiger partial charge in [0.2, 0.25) is 5.88 Å². The van der Waals surface area contributed by atoms with Crippen LogP contribution in [0.15, 0.2) is 41.1 Å². The molecule has 31 heavy (non-hydrogen) atoms. The second kappa shape index (κ2) is 9.07. The molecular weight excluding hydrogens is 396 g/mol. The fourth-order valence-corrected chi connectivity index (χ4v) is 4.49. The summed E-state index contributed by atoms with van der Waals surface area (Å²) in [5.74, 6) is 1.26. The quantitative estimate of drug-likeness (QED) is 0.422. The first-order valence-corrected chi connectivity index (χ1v) is 10.4. The third kappa shape index (κ3) is 4.47. The molecule has 162 valence electrons. The van der Waals surface area contributed by atoms with Crippen molar-refractivity contribution in [3.05, 3.63) is 42.0 Å². The van der Waals surface area contributed by atoms with Crippen molar-refractivity contribution < 1.29 is 9.53 Å². The Morgan fingerprint density at radius 3 is 2.84 bits per heavy atom. The Labute approximate surface area is 179 Å². The highest BCUT2D eigenvalue weighted by Crippen LogP contribution is 2.39. The van der Waals surface area contributed by atoms with E-state index in [9.17, 15) is 4.79 Å². The van der Waals surface area contributed by atoms with E-state index in [1.807, 2.05) is 12.3 Å². The van der Waals surface area contributed by atoms with Gasteiger partial charge in [-0.25, -0.2) is 15.0 Å². The summed E-state index contributed by atoms with van der Waals surface area (Å²) in [7, 11) is 0. The second-order valence-electron chi connectivity index (χ2n) is 7.86. The fourth-order valence-electron chi connectivity index (χ4n) is 4.49. The Balaban J connectivity index is 1.47. The smallest absolute Gasteiger partial charge is 0.268 e. The summed E-state index contributed by atoms with van der Waals surface area (Å²) in [5, 5.41) is 7.88. The van der Waals surface area contributed by atoms with E-state index in [0.29, 0.717) is 35.7 Å². The number of nitrogens with zero attached hydrogens (tertiary/aromatic N) is 6. The van der Waals surface area contributed by atoms with E-state index in [1.54, 1.807) is 6.20 Å². The minimum Gasteiger partial charge on any atom is -0.476 e. The highest BCUT2D eigenvalue weighted by molar-refractivity contribution is 5.90. The third-order valence-corrected chi connectivity index (χ3v) is 5.98. The van der Waals surface area contributed by atoms with Gasteiger partial charge < -0.3 is 20.0 Å². The van der Waals surface area contributed by atoms with Crippen LogP contribution in [0.1, 0.15) is 36.7 Å². The van der Waals surface area contributed by atoms with Crippen LogP contribution in [0, 0.1) is 17.8 Å². The molecule has 1 fully saturated rings. The SMILES string of the molecule is C=N/N=c1/cnc2[nH]ccc2n1CC1CC(COc2cnc(C(N)=O)cn2)CC1CC. The molecule has 3 aromatic heterocycles. The number of nitrogens with two attached hydrogens (primary N) is 1. The summed E-state index contributed by atoms with van der Waals surface area (Å²) in [6.07, 6.45) is 9.60. The molecule has 3 unspecified atom stereocenters. The molecule has 10 nitrogen and oxygen atoms in total. The summed E-state index contributed by atoms with van der Waals surface area (Å²) < 4.78 is 8.01. The molecule has 10 heteroatoms. The average molecular weight is 422 g/mol. The highest BCUT2D eigenvalue weighted by atomic mass is 16.5. The molecule has 0 radical (unpaired) electrons. The number of nitrogens with one attached hydrogen (secondary N) is 1. The van der Waals surface area contributed by atoms with E-state index < -0.39 is 5.91 Å². The van der Waals surface area contributed by atoms with Gasteiger partial charge in [-0.05, 0) is 36.7 Å². The zero-order chi connectivity index (χ0) is 21.8. The molecule has 3 heterocycles. The third-order valence-electron chi connectivity index (χ3n) is 5.98. The molecular formula is C21H26N8O2. The van der Waals surface area contributed by atoms with Crippen molar-refractivity contribution in [2.24, 2.45) is 33.7 Å². The summed E-state index contributed by atoms with van der Waals surface area (Å²) in [6.45, 7) is 7.11. The van der Waals surface area contributed by atoms with Crippen LogP contribution in [0.25, 0.3) is 11.2 Å². The number of primary amides is 1. The number of fused-ring (bicyclic) bond motifs is 1. The van der Waals surface area contributed by atoms with Gasteiger partial charge >= 0.3 is 0 Å². The van der Waals surface area contributed by atoms with E-state index in [0.717, 1.165) is 37.0 Å². The number of carbonyl (C=O) groups excluding carboxylic acids is 1. The summed E-state index contributed by atoms with van der Waals surface area (Å²) in [4.78, 5) is 26.8. The number of aromatic amines is 1. The monoisotopic (exact) mass is 422 g/mol. The minimum absolute atomic E-state index is 0.125. The van der Waals surface area contributed by atoms with Crippen LogP contribution in [-0.4, -0.2) is 43.7 Å². The van der Waals surface area contributed by atoms with Crippen molar-refractivity contribution in [1.29, 1.82) is 0 Å². The number of carbonyl (C=O) groups is 1. The molecule has 3 aromatic rings. The maximum Gasteiger partial charge on any atom is 0.268 e. The molecule has 3 N–H and O–H groups in total. The number of hydrogen-bond donors (Lipinski definition) is 2. The molecule has 0 spiro atoms. The van der Waals surface area contributed by atoms with Gasteiger partial charge in [-0.15, -0.1) is 5.10 Å². The van der Waals surface area contributed by atoms with Gasteiger partial charge in [0.05, 0.1) is 30.7 Å². The van der Waals surface area contributed by atoms with E-state index in [1.165, 1.54) is 12.4 Å². The summed E-state index contributed by atoms with van der Waals surface area (Å²) >= 11 is 0. The lowest BCUT2D eigenvalue weighted by atomic mass is 9.93. The standard InChI is InChI=1S/C21H26N8O2/c1-3-14-6-13(12-31-19-10-25-16(8-26-19)20(22)30)7-15(14)11-29-17-4-5-24-21(17)27-9-18(29)28-23-2/h4-5,8-10,13-15,24H,2-3,6-7,11-12H2,1H3,(H2,22,30)/b28-18-. The van der Waals surface area contributed by atoms with Gasteiger partial charge in [-0.2, -0.15) is 5.10 Å². The fraction of sp³-hybridized carbons (Fsp3) is 0.429. The van der Waals surface area contributed by atoms with Crippen molar-refractivity contribution >= 4 is 23.8 Å². The van der Waals surface area contributed by atoms with E-state index >= 15 is 0 Å². The van der Waals surface area contributed by atoms with Gasteiger partial charge in [0.25, 0.3) is 5.91 Å². The molecule has 1 aliphatic carbocycles. The lowest BCUT2D eigenvalue weighted by molar-refractivity contribution is 0.0995. The Morgan fingerprint density at radius 2 is 2.13 bits per heavy atom. The molecule has 3 atom stereocenters. The van der Waals surface area contributed by atoms with Gasteiger partial charge in [-0.3, -0.25) is 4.79 Å². The zero-order valence-corrected chi connectivity index (χ0v) is 17.4. The maximum absolute atomic E-state index is 11.1. The molecule has 0 aliphatic heterocycles. The van der Waals surface area contributed by atoms with Crippen molar-refractivity contribution in [1.82, 2.24) is 24.5 Å². The topological polar surface area (TPSA) is 136 Å². The lowest BCUT2D eigenvalue weighted by Gasteiger charge is -2.20. The van der Waals surface area contributed by atoms with Crippen molar-refractivity contribution in [3.63, 3.8) is 0 Å². The van der Waals surface area contributed by atoms with Crippen molar-refractivity contribution in [2.45, 2.75) is 32.7 Å². The van der Waals surface area contributed by atoms with E-state index in [-0.39, 0.29) is 5.69 Å². The lowest BCUT2D eigenvalue weighted by Crippen LogP contribution is -2.26. The van der Waals surface area contributed by atoms with Gasteiger partial charge in [-0.1, -0.05) is 13.3 Å². The summed E-state index contributed by atoms with van der Waals surface area (Å²) in [6, 6.07) is 2.01. The molecule has 1 amide bonds. The molecule has 1 saturated carbocycles. The maximum atomic E-state index is 11.1. The van der Waals surface area contributed by atoms with Crippen LogP contribution < -0.4 is 16.0 Å². The van der Waals surface area contributed by atoms with Crippen LogP contribution in [0.5, 0.6) is 5.88 Å². The number of ether oxygens (including phenoxy) is 1. The Kier molecular flexibility index (Phi) is 6.06. The first-order valence-electron chi connectivity index (χ1n) is 10.4. The van der Waals surface area contributed by atoms with E-state index in [2.05, 4.69) is 48.3 Å². The zero-order valence-electron chi connectivity index (χ0n) is 17.4. The predicted octanol–water partition coefficient (Wildman–Crippen LogP) is 1.90. The highest BCUT2D eigenvalue weighted by Gasteiger charge is 2.34. The molecule has 0 saturated heterocycles. The Bertz CT molecular complexity index is 1130. The van der Waals surface area contributed by atoms with Crippen molar-refractivity contribution in [2.75, 3.05) is 6.61 Å². The largest absolute Gasteiger partial charge is 0.476 e. The predicted molar refractivity (Wildman–Crippen MR) is 115 cm³/mol. The van der Waals surface area contributed by atoms with Crippen LogP contribution in [-0.2, 0) is 6.54 Å².